The molecule has 2 aromatic rings. The zero-order chi connectivity index (χ0) is 18.4. The second-order valence-corrected chi connectivity index (χ2v) is 8.04. The Hall–Kier alpha value is -2.12. The number of sulfone groups is 1. The molecule has 0 aromatic heterocycles. The smallest absolute Gasteiger partial charge is 0.175 e. The van der Waals surface area contributed by atoms with Gasteiger partial charge in [0.1, 0.15) is 5.75 Å². The Labute approximate surface area is 154 Å². The topological polar surface area (TPSA) is 67.4 Å². The number of hydrogen-bond donors (Lipinski definition) is 2. The van der Waals surface area contributed by atoms with E-state index in [4.69, 9.17) is 17.0 Å². The van der Waals surface area contributed by atoms with E-state index in [0.29, 0.717) is 16.6 Å². The fourth-order valence-electron chi connectivity index (χ4n) is 2.25. The van der Waals surface area contributed by atoms with Gasteiger partial charge in [-0.25, -0.2) is 8.42 Å². The molecule has 0 aliphatic rings. The Morgan fingerprint density at radius 2 is 1.72 bits per heavy atom. The Morgan fingerprint density at radius 1 is 1.12 bits per heavy atom. The van der Waals surface area contributed by atoms with Crippen LogP contribution >= 0.6 is 12.2 Å². The van der Waals surface area contributed by atoms with E-state index in [9.17, 15) is 8.42 Å². The molecule has 0 unspecified atom stereocenters. The van der Waals surface area contributed by atoms with E-state index in [1.807, 2.05) is 38.1 Å². The predicted molar refractivity (Wildman–Crippen MR) is 105 cm³/mol. The standard InChI is InChI=1S/C18H22N2O3S2/c1-4-23-16-9-7-15(8-10-16)20-18(24)19-13(2)14-5-11-17(12-6-14)25(3,21)22/h5-13H,4H2,1-3H3,(H2,19,20,24)/t13-/m1/s1. The second kappa shape index (κ2) is 8.31. The van der Waals surface area contributed by atoms with Crippen LogP contribution in [0.25, 0.3) is 0 Å². The van der Waals surface area contributed by atoms with Gasteiger partial charge in [0.2, 0.25) is 0 Å². The zero-order valence-electron chi connectivity index (χ0n) is 14.4. The third kappa shape index (κ3) is 5.72. The minimum atomic E-state index is -3.19. The van der Waals surface area contributed by atoms with Gasteiger partial charge in [-0.15, -0.1) is 0 Å². The van der Waals surface area contributed by atoms with Gasteiger partial charge >= 0.3 is 0 Å². The molecule has 0 aliphatic carbocycles. The number of benzene rings is 2. The molecule has 7 heteroatoms. The summed E-state index contributed by atoms with van der Waals surface area (Å²) in [5.41, 5.74) is 1.81. The van der Waals surface area contributed by atoms with Crippen LogP contribution in [-0.4, -0.2) is 26.4 Å². The highest BCUT2D eigenvalue weighted by molar-refractivity contribution is 7.90. The first-order valence-corrected chi connectivity index (χ1v) is 10.2. The first kappa shape index (κ1) is 19.2. The first-order valence-electron chi connectivity index (χ1n) is 7.90. The molecule has 2 rings (SSSR count). The normalized spacial score (nSPS) is 12.3. The molecule has 0 amide bonds. The van der Waals surface area contributed by atoms with Gasteiger partial charge in [0.15, 0.2) is 14.9 Å². The first-order chi connectivity index (χ1) is 11.8. The van der Waals surface area contributed by atoms with Gasteiger partial charge in [0.25, 0.3) is 0 Å². The van der Waals surface area contributed by atoms with Crippen LogP contribution in [0.2, 0.25) is 0 Å². The van der Waals surface area contributed by atoms with E-state index >= 15 is 0 Å². The monoisotopic (exact) mass is 378 g/mol. The Balaban J connectivity index is 1.95. The van der Waals surface area contributed by atoms with Crippen LogP contribution in [0, 0.1) is 0 Å². The van der Waals surface area contributed by atoms with Crippen molar-refractivity contribution in [2.75, 3.05) is 18.2 Å². The largest absolute Gasteiger partial charge is 0.494 e. The number of hydrogen-bond acceptors (Lipinski definition) is 4. The maximum atomic E-state index is 11.5. The number of nitrogens with one attached hydrogen (secondary N) is 2. The van der Waals surface area contributed by atoms with Crippen molar-refractivity contribution in [3.05, 3.63) is 54.1 Å². The Morgan fingerprint density at radius 3 is 2.24 bits per heavy atom. The highest BCUT2D eigenvalue weighted by atomic mass is 32.2. The zero-order valence-corrected chi connectivity index (χ0v) is 16.1. The molecule has 134 valence electrons. The van der Waals surface area contributed by atoms with Crippen molar-refractivity contribution in [1.29, 1.82) is 0 Å². The molecule has 0 saturated carbocycles. The molecule has 5 nitrogen and oxygen atoms in total. The third-order valence-corrected chi connectivity index (χ3v) is 4.93. The van der Waals surface area contributed by atoms with Gasteiger partial charge in [0, 0.05) is 11.9 Å². The summed E-state index contributed by atoms with van der Waals surface area (Å²) in [5.74, 6) is 0.811. The predicted octanol–water partition coefficient (Wildman–Crippen LogP) is 3.54. The van der Waals surface area contributed by atoms with Crippen molar-refractivity contribution < 1.29 is 13.2 Å². The van der Waals surface area contributed by atoms with Crippen LogP contribution in [0.15, 0.2) is 53.4 Å². The van der Waals surface area contributed by atoms with E-state index in [1.54, 1.807) is 24.3 Å². The summed E-state index contributed by atoms with van der Waals surface area (Å²) in [6.07, 6.45) is 1.19. The molecular weight excluding hydrogens is 356 g/mol. The minimum absolute atomic E-state index is 0.0590. The van der Waals surface area contributed by atoms with Crippen molar-refractivity contribution in [3.8, 4) is 5.75 Å². The second-order valence-electron chi connectivity index (χ2n) is 5.62. The van der Waals surface area contributed by atoms with Crippen LogP contribution in [0.1, 0.15) is 25.5 Å². The van der Waals surface area contributed by atoms with E-state index < -0.39 is 9.84 Å². The van der Waals surface area contributed by atoms with E-state index in [-0.39, 0.29) is 6.04 Å². The van der Waals surface area contributed by atoms with Crippen molar-refractivity contribution in [2.45, 2.75) is 24.8 Å². The van der Waals surface area contributed by atoms with E-state index in [0.717, 1.165) is 17.0 Å². The Kier molecular flexibility index (Phi) is 6.39. The lowest BCUT2D eigenvalue weighted by Gasteiger charge is -2.18. The fourth-order valence-corrected chi connectivity index (χ4v) is 3.18. The summed E-state index contributed by atoms with van der Waals surface area (Å²) < 4.78 is 28.4. The van der Waals surface area contributed by atoms with Gasteiger partial charge in [0.05, 0.1) is 17.5 Å². The average Bonchev–Trinajstić information content (AvgIpc) is 2.56. The van der Waals surface area contributed by atoms with Crippen molar-refractivity contribution >= 4 is 32.9 Å². The number of thiocarbonyl (C=S) groups is 1. The molecule has 2 aromatic carbocycles. The molecule has 0 heterocycles. The van der Waals surface area contributed by atoms with Crippen LogP contribution in [0.3, 0.4) is 0 Å². The van der Waals surface area contributed by atoms with Crippen LogP contribution in [0.4, 0.5) is 5.69 Å². The molecule has 0 aliphatic heterocycles. The van der Waals surface area contributed by atoms with E-state index in [1.165, 1.54) is 6.26 Å². The maximum absolute atomic E-state index is 11.5. The minimum Gasteiger partial charge on any atom is -0.494 e. The van der Waals surface area contributed by atoms with Gasteiger partial charge < -0.3 is 15.4 Å². The highest BCUT2D eigenvalue weighted by Crippen LogP contribution is 2.18. The molecule has 0 radical (unpaired) electrons. The molecule has 2 N–H and O–H groups in total. The number of ether oxygens (including phenoxy) is 1. The highest BCUT2D eigenvalue weighted by Gasteiger charge is 2.10. The summed E-state index contributed by atoms with van der Waals surface area (Å²) in [6, 6.07) is 14.3. The van der Waals surface area contributed by atoms with Crippen LogP contribution < -0.4 is 15.4 Å². The average molecular weight is 379 g/mol. The molecule has 25 heavy (non-hydrogen) atoms. The molecule has 0 spiro atoms. The summed E-state index contributed by atoms with van der Waals surface area (Å²) in [5, 5.41) is 6.79. The van der Waals surface area contributed by atoms with Gasteiger partial charge in [-0.1, -0.05) is 12.1 Å². The van der Waals surface area contributed by atoms with Crippen molar-refractivity contribution in [1.82, 2.24) is 5.32 Å². The van der Waals surface area contributed by atoms with Gasteiger partial charge in [-0.3, -0.25) is 0 Å². The van der Waals surface area contributed by atoms with Gasteiger partial charge in [-0.2, -0.15) is 0 Å². The lowest BCUT2D eigenvalue weighted by atomic mass is 10.1. The van der Waals surface area contributed by atoms with Gasteiger partial charge in [-0.05, 0) is 68.0 Å². The molecule has 0 saturated heterocycles. The quantitative estimate of drug-likeness (QED) is 0.750. The molecular formula is C18H22N2O3S2. The van der Waals surface area contributed by atoms with Crippen molar-refractivity contribution in [3.63, 3.8) is 0 Å². The summed E-state index contributed by atoms with van der Waals surface area (Å²) in [6.45, 7) is 4.53. The third-order valence-electron chi connectivity index (χ3n) is 3.58. The fraction of sp³-hybridized carbons (Fsp3) is 0.278. The summed E-state index contributed by atoms with van der Waals surface area (Å²) in [7, 11) is -3.19. The number of rotatable bonds is 6. The summed E-state index contributed by atoms with van der Waals surface area (Å²) >= 11 is 5.33. The van der Waals surface area contributed by atoms with Crippen LogP contribution in [0.5, 0.6) is 5.75 Å². The summed E-state index contributed by atoms with van der Waals surface area (Å²) in [4.78, 5) is 0.304. The molecule has 1 atom stereocenters. The van der Waals surface area contributed by atoms with E-state index in [2.05, 4.69) is 10.6 Å². The lowest BCUT2D eigenvalue weighted by molar-refractivity contribution is 0.340. The molecule has 0 bridgehead atoms. The Bertz CT molecular complexity index is 816. The SMILES string of the molecule is CCOc1ccc(NC(=S)N[C@H](C)c2ccc(S(C)(=O)=O)cc2)cc1. The lowest BCUT2D eigenvalue weighted by Crippen LogP contribution is -2.30. The van der Waals surface area contributed by atoms with Crippen molar-refractivity contribution in [2.24, 2.45) is 0 Å². The molecule has 0 fully saturated rings. The number of anilines is 1. The van der Waals surface area contributed by atoms with Crippen LogP contribution in [-0.2, 0) is 9.84 Å². The maximum Gasteiger partial charge on any atom is 0.175 e.